The number of rotatable bonds is 15. The Hall–Kier alpha value is -3.58. The van der Waals surface area contributed by atoms with Gasteiger partial charge in [-0.2, -0.15) is 0 Å². The number of hydrogen-bond acceptors (Lipinski definition) is 6. The van der Waals surface area contributed by atoms with Crippen LogP contribution in [-0.2, 0) is 17.8 Å². The van der Waals surface area contributed by atoms with Gasteiger partial charge >= 0.3 is 0 Å². The molecular weight excluding hydrogens is 518 g/mol. The van der Waals surface area contributed by atoms with Crippen LogP contribution in [0.15, 0.2) is 109 Å². The SMILES string of the molecule is C[C@H](CCN1CCN(c2ncccn2)CC1)COCC[C@@H](c1ccccc1)N(Cc1ccccc1)Cc1ccccc1. The fourth-order valence-electron chi connectivity index (χ4n) is 5.74. The molecule has 0 spiro atoms. The molecule has 5 rings (SSSR count). The maximum atomic E-state index is 6.34. The number of hydrogen-bond donors (Lipinski definition) is 0. The van der Waals surface area contributed by atoms with Crippen molar-refractivity contribution in [3.05, 3.63) is 126 Å². The second-order valence-corrected chi connectivity index (χ2v) is 11.4. The average molecular weight is 564 g/mol. The fourth-order valence-corrected chi connectivity index (χ4v) is 5.74. The Kier molecular flexibility index (Phi) is 11.5. The van der Waals surface area contributed by atoms with Crippen molar-refractivity contribution in [2.24, 2.45) is 5.92 Å². The summed E-state index contributed by atoms with van der Waals surface area (Å²) >= 11 is 0. The number of ether oxygens (including phenoxy) is 1. The van der Waals surface area contributed by atoms with Crippen LogP contribution < -0.4 is 4.90 Å². The smallest absolute Gasteiger partial charge is 0.225 e. The summed E-state index contributed by atoms with van der Waals surface area (Å²) in [7, 11) is 0. The highest BCUT2D eigenvalue weighted by atomic mass is 16.5. The zero-order valence-corrected chi connectivity index (χ0v) is 25.0. The van der Waals surface area contributed by atoms with Crippen LogP contribution in [-0.4, -0.2) is 65.7 Å². The summed E-state index contributed by atoms with van der Waals surface area (Å²) in [5.41, 5.74) is 4.02. The average Bonchev–Trinajstić information content (AvgIpc) is 3.05. The third-order valence-corrected chi connectivity index (χ3v) is 8.17. The zero-order valence-electron chi connectivity index (χ0n) is 25.0. The van der Waals surface area contributed by atoms with Gasteiger partial charge in [0.1, 0.15) is 0 Å². The first kappa shape index (κ1) is 29.9. The summed E-state index contributed by atoms with van der Waals surface area (Å²) in [5, 5.41) is 0. The van der Waals surface area contributed by atoms with Crippen molar-refractivity contribution in [2.45, 2.75) is 38.9 Å². The molecular formula is C36H45N5O. The second-order valence-electron chi connectivity index (χ2n) is 11.4. The Balaban J connectivity index is 1.12. The summed E-state index contributed by atoms with van der Waals surface area (Å²) in [6.07, 6.45) is 5.75. The molecule has 2 atom stereocenters. The molecule has 0 radical (unpaired) electrons. The Morgan fingerprint density at radius 1 is 0.714 bits per heavy atom. The number of nitrogens with zero attached hydrogens (tertiary/aromatic N) is 5. The lowest BCUT2D eigenvalue weighted by Crippen LogP contribution is -2.47. The van der Waals surface area contributed by atoms with Gasteiger partial charge in [-0.3, -0.25) is 9.80 Å². The summed E-state index contributed by atoms with van der Waals surface area (Å²) in [6.45, 7) is 10.9. The minimum Gasteiger partial charge on any atom is -0.381 e. The molecule has 0 amide bonds. The zero-order chi connectivity index (χ0) is 28.8. The van der Waals surface area contributed by atoms with Crippen LogP contribution in [0.4, 0.5) is 5.95 Å². The topological polar surface area (TPSA) is 44.7 Å². The van der Waals surface area contributed by atoms with Crippen LogP contribution in [0.3, 0.4) is 0 Å². The van der Waals surface area contributed by atoms with Crippen LogP contribution in [0.5, 0.6) is 0 Å². The van der Waals surface area contributed by atoms with Gasteiger partial charge in [-0.25, -0.2) is 9.97 Å². The van der Waals surface area contributed by atoms with Crippen LogP contribution in [0.25, 0.3) is 0 Å². The van der Waals surface area contributed by atoms with Crippen LogP contribution in [0, 0.1) is 5.92 Å². The van der Waals surface area contributed by atoms with Crippen LogP contribution >= 0.6 is 0 Å². The van der Waals surface area contributed by atoms with E-state index in [1.54, 1.807) is 0 Å². The number of anilines is 1. The van der Waals surface area contributed by atoms with Gasteiger partial charge in [0.25, 0.3) is 0 Å². The van der Waals surface area contributed by atoms with Crippen LogP contribution in [0.1, 0.15) is 42.5 Å². The second kappa shape index (κ2) is 16.2. The summed E-state index contributed by atoms with van der Waals surface area (Å²) in [6, 6.07) is 34.7. The monoisotopic (exact) mass is 563 g/mol. The third kappa shape index (κ3) is 9.21. The van der Waals surface area contributed by atoms with Gasteiger partial charge in [-0.15, -0.1) is 0 Å². The molecule has 1 aliphatic rings. The molecule has 6 nitrogen and oxygen atoms in total. The van der Waals surface area contributed by atoms with Crippen molar-refractivity contribution in [1.82, 2.24) is 19.8 Å². The van der Waals surface area contributed by atoms with E-state index in [1.807, 2.05) is 18.5 Å². The van der Waals surface area contributed by atoms with Gasteiger partial charge in [0.2, 0.25) is 5.95 Å². The predicted molar refractivity (Wildman–Crippen MR) is 171 cm³/mol. The van der Waals surface area contributed by atoms with E-state index in [9.17, 15) is 0 Å². The summed E-state index contributed by atoms with van der Waals surface area (Å²) < 4.78 is 6.34. The quantitative estimate of drug-likeness (QED) is 0.154. The molecule has 1 saturated heterocycles. The molecule has 1 aliphatic heterocycles. The van der Waals surface area contributed by atoms with Gasteiger partial charge in [0, 0.05) is 70.9 Å². The van der Waals surface area contributed by atoms with E-state index in [-0.39, 0.29) is 6.04 Å². The molecule has 220 valence electrons. The molecule has 0 bridgehead atoms. The first-order chi connectivity index (χ1) is 20.7. The van der Waals surface area contributed by atoms with Gasteiger partial charge in [-0.05, 0) is 48.1 Å². The Morgan fingerprint density at radius 2 is 1.29 bits per heavy atom. The van der Waals surface area contributed by atoms with Gasteiger partial charge in [-0.1, -0.05) is 97.9 Å². The van der Waals surface area contributed by atoms with Gasteiger partial charge in [0.15, 0.2) is 0 Å². The Labute approximate surface area is 252 Å². The van der Waals surface area contributed by atoms with Crippen molar-refractivity contribution in [2.75, 3.05) is 50.8 Å². The van der Waals surface area contributed by atoms with Crippen molar-refractivity contribution in [3.8, 4) is 0 Å². The molecule has 0 unspecified atom stereocenters. The standard InChI is InChI=1S/C36H45N5O/c1-31(18-22-39-23-25-40(26-24-39)36-37-20-11-21-38-36)30-42-27-19-35(34-16-9-4-10-17-34)41(28-32-12-5-2-6-13-32)29-33-14-7-3-8-15-33/h2-17,20-21,31,35H,18-19,22-30H2,1H3/t31-,35+/m1/s1. The van der Waals surface area contributed by atoms with E-state index in [0.29, 0.717) is 5.92 Å². The third-order valence-electron chi connectivity index (χ3n) is 8.17. The molecule has 0 saturated carbocycles. The van der Waals surface area contributed by atoms with Crippen molar-refractivity contribution >= 4 is 5.95 Å². The fraction of sp³-hybridized carbons (Fsp3) is 0.389. The lowest BCUT2D eigenvalue weighted by atomic mass is 10.00. The summed E-state index contributed by atoms with van der Waals surface area (Å²) in [5.74, 6) is 1.37. The lowest BCUT2D eigenvalue weighted by molar-refractivity contribution is 0.0682. The van der Waals surface area contributed by atoms with E-state index >= 15 is 0 Å². The molecule has 0 N–H and O–H groups in total. The minimum absolute atomic E-state index is 0.270. The highest BCUT2D eigenvalue weighted by molar-refractivity contribution is 5.29. The molecule has 3 aromatic carbocycles. The maximum absolute atomic E-state index is 6.34. The molecule has 42 heavy (non-hydrogen) atoms. The molecule has 2 heterocycles. The van der Waals surface area contributed by atoms with E-state index in [2.05, 4.69) is 123 Å². The van der Waals surface area contributed by atoms with E-state index in [0.717, 1.165) is 77.8 Å². The molecule has 4 aromatic rings. The highest BCUT2D eigenvalue weighted by Crippen LogP contribution is 2.28. The Morgan fingerprint density at radius 3 is 1.88 bits per heavy atom. The minimum atomic E-state index is 0.270. The first-order valence-electron chi connectivity index (χ1n) is 15.4. The molecule has 1 aromatic heterocycles. The van der Waals surface area contributed by atoms with E-state index in [4.69, 9.17) is 4.74 Å². The first-order valence-corrected chi connectivity index (χ1v) is 15.4. The van der Waals surface area contributed by atoms with E-state index < -0.39 is 0 Å². The summed E-state index contributed by atoms with van der Waals surface area (Å²) in [4.78, 5) is 16.3. The van der Waals surface area contributed by atoms with E-state index in [1.165, 1.54) is 16.7 Å². The maximum Gasteiger partial charge on any atom is 0.225 e. The Bertz CT molecular complexity index is 1230. The largest absolute Gasteiger partial charge is 0.381 e. The number of benzene rings is 3. The molecule has 0 aliphatic carbocycles. The predicted octanol–water partition coefficient (Wildman–Crippen LogP) is 6.48. The lowest BCUT2D eigenvalue weighted by Gasteiger charge is -2.35. The highest BCUT2D eigenvalue weighted by Gasteiger charge is 2.22. The van der Waals surface area contributed by atoms with Crippen LogP contribution in [0.2, 0.25) is 0 Å². The van der Waals surface area contributed by atoms with Crippen molar-refractivity contribution in [1.29, 1.82) is 0 Å². The number of aromatic nitrogens is 2. The molecule has 1 fully saturated rings. The van der Waals surface area contributed by atoms with Crippen molar-refractivity contribution < 1.29 is 4.74 Å². The van der Waals surface area contributed by atoms with Gasteiger partial charge in [0.05, 0.1) is 0 Å². The number of piperazine rings is 1. The normalized spacial score (nSPS) is 15.5. The molecule has 6 heteroatoms. The van der Waals surface area contributed by atoms with Gasteiger partial charge < -0.3 is 9.64 Å². The van der Waals surface area contributed by atoms with Crippen molar-refractivity contribution in [3.63, 3.8) is 0 Å².